The van der Waals surface area contributed by atoms with Crippen LogP contribution in [0.3, 0.4) is 0 Å². The van der Waals surface area contributed by atoms with Crippen LogP contribution in [-0.4, -0.2) is 75.0 Å². The highest BCUT2D eigenvalue weighted by molar-refractivity contribution is 7.99. The molecule has 2 aliphatic heterocycles. The summed E-state index contributed by atoms with van der Waals surface area (Å²) in [6, 6.07) is 9.34. The molecule has 0 saturated carbocycles. The topological polar surface area (TPSA) is 102 Å². The van der Waals surface area contributed by atoms with Crippen LogP contribution >= 0.6 is 11.8 Å². The van der Waals surface area contributed by atoms with Gasteiger partial charge in [0.1, 0.15) is 11.4 Å². The lowest BCUT2D eigenvalue weighted by atomic mass is 10.2. The molecule has 1 aromatic carbocycles. The van der Waals surface area contributed by atoms with Gasteiger partial charge in [-0.3, -0.25) is 14.2 Å². The highest BCUT2D eigenvalue weighted by Crippen LogP contribution is 2.28. The fraction of sp³-hybridized carbons (Fsp3) is 0.440. The molecule has 2 aromatic heterocycles. The van der Waals surface area contributed by atoms with Crippen molar-refractivity contribution in [1.82, 2.24) is 24.6 Å². The monoisotopic (exact) mass is 495 g/mol. The van der Waals surface area contributed by atoms with Crippen LogP contribution < -0.4 is 4.74 Å². The Balaban J connectivity index is 1.30. The number of aromatic amines is 1. The molecule has 2 saturated heterocycles. The maximum atomic E-state index is 12.9. The van der Waals surface area contributed by atoms with Gasteiger partial charge in [0.15, 0.2) is 16.8 Å². The summed E-state index contributed by atoms with van der Waals surface area (Å²) < 4.78 is 13.2. The van der Waals surface area contributed by atoms with Crippen molar-refractivity contribution in [3.63, 3.8) is 0 Å². The molecular formula is C25H29N5O4S. The maximum absolute atomic E-state index is 12.9. The molecule has 4 heterocycles. The van der Waals surface area contributed by atoms with Gasteiger partial charge >= 0.3 is 0 Å². The molecular weight excluding hydrogens is 466 g/mol. The molecule has 5 rings (SSSR count). The molecule has 2 aliphatic rings. The van der Waals surface area contributed by atoms with E-state index in [4.69, 9.17) is 9.47 Å². The highest BCUT2D eigenvalue weighted by Gasteiger charge is 2.24. The minimum atomic E-state index is -0.0654. The van der Waals surface area contributed by atoms with E-state index in [1.807, 2.05) is 33.7 Å². The number of benzene rings is 1. The predicted octanol–water partition coefficient (Wildman–Crippen LogP) is 3.67. The van der Waals surface area contributed by atoms with Crippen molar-refractivity contribution in [2.45, 2.75) is 43.5 Å². The van der Waals surface area contributed by atoms with Crippen LogP contribution in [0.25, 0.3) is 11.4 Å². The fourth-order valence-corrected chi connectivity index (χ4v) is 5.33. The Morgan fingerprint density at radius 1 is 1.17 bits per heavy atom. The van der Waals surface area contributed by atoms with Gasteiger partial charge in [-0.2, -0.15) is 0 Å². The normalized spacial score (nSPS) is 17.7. The van der Waals surface area contributed by atoms with Gasteiger partial charge < -0.3 is 19.4 Å². The number of amides is 1. The molecule has 9 nitrogen and oxygen atoms in total. The molecule has 0 spiro atoms. The van der Waals surface area contributed by atoms with E-state index >= 15 is 0 Å². The first-order chi connectivity index (χ1) is 17.1. The zero-order valence-electron chi connectivity index (χ0n) is 19.7. The third kappa shape index (κ3) is 5.28. The molecule has 0 unspecified atom stereocenters. The third-order valence-corrected chi connectivity index (χ3v) is 7.40. The van der Waals surface area contributed by atoms with Crippen LogP contribution in [0, 0.1) is 0 Å². The molecule has 0 aliphatic carbocycles. The number of Topliss-reactive ketones (excluding diaryl/α,β-unsaturated/α-hetero) is 1. The Hall–Kier alpha value is -3.11. The first kappa shape index (κ1) is 23.6. The average Bonchev–Trinajstić information content (AvgIpc) is 3.70. The van der Waals surface area contributed by atoms with E-state index in [9.17, 15) is 9.59 Å². The second-order valence-electron chi connectivity index (χ2n) is 8.79. The molecule has 35 heavy (non-hydrogen) atoms. The second-order valence-corrected chi connectivity index (χ2v) is 9.74. The smallest absolute Gasteiger partial charge is 0.270 e. The Morgan fingerprint density at radius 2 is 1.97 bits per heavy atom. The van der Waals surface area contributed by atoms with Crippen LogP contribution in [-0.2, 0) is 11.3 Å². The summed E-state index contributed by atoms with van der Waals surface area (Å²) in [7, 11) is 1.64. The minimum Gasteiger partial charge on any atom is -0.497 e. The number of nitrogens with zero attached hydrogens (tertiary/aromatic N) is 4. The van der Waals surface area contributed by atoms with Crippen LogP contribution in [0.2, 0.25) is 0 Å². The molecule has 0 radical (unpaired) electrons. The number of aromatic nitrogens is 4. The number of methoxy groups -OCH3 is 1. The summed E-state index contributed by atoms with van der Waals surface area (Å²) in [5, 5.41) is 9.50. The Labute approximate surface area is 208 Å². The van der Waals surface area contributed by atoms with Crippen molar-refractivity contribution in [3.05, 3.63) is 47.8 Å². The number of carbonyl (C=O) groups excluding carboxylic acids is 2. The Morgan fingerprint density at radius 3 is 2.69 bits per heavy atom. The van der Waals surface area contributed by atoms with Crippen LogP contribution in [0.4, 0.5) is 0 Å². The first-order valence-electron chi connectivity index (χ1n) is 12.0. The van der Waals surface area contributed by atoms with E-state index in [1.165, 1.54) is 11.8 Å². The van der Waals surface area contributed by atoms with E-state index in [0.29, 0.717) is 23.0 Å². The SMILES string of the molecule is COc1ccc(-c2nnc(SCC(=O)c3c[nH]c(C(=O)N4CCCC4)c3)n2C[C@H]2CCCO2)cc1. The number of hydrogen-bond acceptors (Lipinski definition) is 7. The molecule has 10 heteroatoms. The van der Waals surface area contributed by atoms with Crippen molar-refractivity contribution < 1.29 is 19.1 Å². The zero-order chi connectivity index (χ0) is 24.2. The van der Waals surface area contributed by atoms with Crippen LogP contribution in [0.5, 0.6) is 5.75 Å². The summed E-state index contributed by atoms with van der Waals surface area (Å²) in [5.74, 6) is 1.59. The predicted molar refractivity (Wildman–Crippen MR) is 132 cm³/mol. The minimum absolute atomic E-state index is 0.0466. The maximum Gasteiger partial charge on any atom is 0.270 e. The molecule has 0 bridgehead atoms. The highest BCUT2D eigenvalue weighted by atomic mass is 32.2. The van der Waals surface area contributed by atoms with Gasteiger partial charge in [0.2, 0.25) is 0 Å². The lowest BCUT2D eigenvalue weighted by Gasteiger charge is -2.14. The van der Waals surface area contributed by atoms with Gasteiger partial charge in [0.25, 0.3) is 5.91 Å². The van der Waals surface area contributed by atoms with Gasteiger partial charge in [0, 0.05) is 37.0 Å². The summed E-state index contributed by atoms with van der Waals surface area (Å²) in [5.41, 5.74) is 1.88. The average molecular weight is 496 g/mol. The molecule has 1 N–H and O–H groups in total. The number of nitrogens with one attached hydrogen (secondary N) is 1. The van der Waals surface area contributed by atoms with Crippen LogP contribution in [0.1, 0.15) is 46.5 Å². The number of rotatable bonds is 9. The number of hydrogen-bond donors (Lipinski definition) is 1. The number of ketones is 1. The largest absolute Gasteiger partial charge is 0.497 e. The van der Waals surface area contributed by atoms with Crippen molar-refractivity contribution in [1.29, 1.82) is 0 Å². The van der Waals surface area contributed by atoms with Gasteiger partial charge in [-0.25, -0.2) is 0 Å². The van der Waals surface area contributed by atoms with Gasteiger partial charge in [-0.1, -0.05) is 11.8 Å². The summed E-state index contributed by atoms with van der Waals surface area (Å²) >= 11 is 1.35. The first-order valence-corrected chi connectivity index (χ1v) is 12.9. The summed E-state index contributed by atoms with van der Waals surface area (Å²) in [6.45, 7) is 2.93. The lowest BCUT2D eigenvalue weighted by Crippen LogP contribution is -2.27. The van der Waals surface area contributed by atoms with E-state index in [1.54, 1.807) is 19.4 Å². The quantitative estimate of drug-likeness (QED) is 0.357. The number of H-pyrrole nitrogens is 1. The number of carbonyl (C=O) groups is 2. The van der Waals surface area contributed by atoms with Gasteiger partial charge in [0.05, 0.1) is 25.5 Å². The van der Waals surface area contributed by atoms with E-state index in [0.717, 1.165) is 62.5 Å². The molecule has 1 amide bonds. The van der Waals surface area contributed by atoms with Crippen LogP contribution in [0.15, 0.2) is 41.7 Å². The summed E-state index contributed by atoms with van der Waals surface area (Å²) in [6.07, 6.45) is 5.80. The molecule has 1 atom stereocenters. The van der Waals surface area contributed by atoms with E-state index < -0.39 is 0 Å². The lowest BCUT2D eigenvalue weighted by molar-refractivity contribution is 0.0787. The Bertz CT molecular complexity index is 1180. The second kappa shape index (κ2) is 10.7. The summed E-state index contributed by atoms with van der Waals surface area (Å²) in [4.78, 5) is 30.3. The molecule has 184 valence electrons. The van der Waals surface area contributed by atoms with Gasteiger partial charge in [-0.05, 0) is 56.0 Å². The van der Waals surface area contributed by atoms with Crippen molar-refractivity contribution in [2.24, 2.45) is 0 Å². The van der Waals surface area contributed by atoms with E-state index in [-0.39, 0.29) is 23.5 Å². The van der Waals surface area contributed by atoms with Crippen molar-refractivity contribution in [3.8, 4) is 17.1 Å². The fourth-order valence-electron chi connectivity index (χ4n) is 4.49. The number of thioether (sulfide) groups is 1. The van der Waals surface area contributed by atoms with Crippen molar-refractivity contribution >= 4 is 23.5 Å². The third-order valence-electron chi connectivity index (χ3n) is 6.44. The number of ether oxygens (including phenoxy) is 2. The Kier molecular flexibility index (Phi) is 7.19. The molecule has 2 fully saturated rings. The molecule has 3 aromatic rings. The van der Waals surface area contributed by atoms with E-state index in [2.05, 4.69) is 15.2 Å². The number of likely N-dealkylation sites (tertiary alicyclic amines) is 1. The standard InChI is InChI=1S/C25H29N5O4S/c1-33-19-8-6-17(7-9-19)23-27-28-25(30(23)15-20-5-4-12-34-20)35-16-22(31)18-13-21(26-14-18)24(32)29-10-2-3-11-29/h6-9,13-14,20,26H,2-5,10-12,15-16H2,1H3/t20-/m1/s1. The zero-order valence-corrected chi connectivity index (χ0v) is 20.6. The van der Waals surface area contributed by atoms with Crippen molar-refractivity contribution in [2.75, 3.05) is 32.6 Å². The van der Waals surface area contributed by atoms with Gasteiger partial charge in [-0.15, -0.1) is 10.2 Å².